The Morgan fingerprint density at radius 2 is 1.80 bits per heavy atom. The Bertz CT molecular complexity index is 555. The van der Waals surface area contributed by atoms with Crippen molar-refractivity contribution < 1.29 is 13.2 Å². The van der Waals surface area contributed by atoms with Gasteiger partial charge in [-0.05, 0) is 24.3 Å². The fourth-order valence-corrected chi connectivity index (χ4v) is 1.86. The molecule has 0 radical (unpaired) electrons. The van der Waals surface area contributed by atoms with E-state index in [0.717, 1.165) is 11.8 Å². The predicted octanol–water partition coefficient (Wildman–Crippen LogP) is 3.17. The van der Waals surface area contributed by atoms with Crippen molar-refractivity contribution in [3.63, 3.8) is 0 Å². The largest absolute Gasteiger partial charge is 0.419 e. The molecule has 0 spiro atoms. The van der Waals surface area contributed by atoms with Gasteiger partial charge in [-0.1, -0.05) is 6.07 Å². The molecule has 0 amide bonds. The maximum atomic E-state index is 12.9. The molecule has 0 aromatic carbocycles. The van der Waals surface area contributed by atoms with Crippen molar-refractivity contribution in [3.05, 3.63) is 54.0 Å². The summed E-state index contributed by atoms with van der Waals surface area (Å²) in [5, 5.41) is 0. The molecule has 0 aliphatic carbocycles. The van der Waals surface area contributed by atoms with Gasteiger partial charge in [-0.25, -0.2) is 4.98 Å². The average Bonchev–Trinajstić information content (AvgIpc) is 2.45. The van der Waals surface area contributed by atoms with E-state index >= 15 is 0 Å². The van der Waals surface area contributed by atoms with Gasteiger partial charge in [-0.15, -0.1) is 0 Å². The van der Waals surface area contributed by atoms with Crippen LogP contribution in [0.25, 0.3) is 0 Å². The Labute approximate surface area is 115 Å². The summed E-state index contributed by atoms with van der Waals surface area (Å²) in [5.41, 5.74) is 0.118. The van der Waals surface area contributed by atoms with Gasteiger partial charge in [0, 0.05) is 38.1 Å². The maximum Gasteiger partial charge on any atom is 0.419 e. The first kappa shape index (κ1) is 14.3. The number of anilines is 1. The van der Waals surface area contributed by atoms with Gasteiger partial charge in [0.15, 0.2) is 0 Å². The van der Waals surface area contributed by atoms with E-state index in [4.69, 9.17) is 0 Å². The van der Waals surface area contributed by atoms with Crippen molar-refractivity contribution in [2.45, 2.75) is 12.6 Å². The van der Waals surface area contributed by atoms with Gasteiger partial charge in [0.05, 0.1) is 5.56 Å². The smallest absolute Gasteiger partial charge is 0.359 e. The molecule has 0 bridgehead atoms. The number of nitrogens with zero attached hydrogens (tertiary/aromatic N) is 3. The molecule has 2 heterocycles. The fraction of sp³-hybridized carbons (Fsp3) is 0.286. The van der Waals surface area contributed by atoms with Crippen LogP contribution in [0, 0.1) is 0 Å². The molecule has 106 valence electrons. The second kappa shape index (κ2) is 5.90. The lowest BCUT2D eigenvalue weighted by atomic mass is 10.2. The normalized spacial score (nSPS) is 11.4. The quantitative estimate of drug-likeness (QED) is 0.862. The van der Waals surface area contributed by atoms with E-state index < -0.39 is 11.7 Å². The zero-order valence-electron chi connectivity index (χ0n) is 10.9. The lowest BCUT2D eigenvalue weighted by Gasteiger charge is -2.21. The van der Waals surface area contributed by atoms with Crippen LogP contribution in [-0.4, -0.2) is 23.6 Å². The molecule has 0 saturated heterocycles. The molecule has 2 rings (SSSR count). The van der Waals surface area contributed by atoms with Crippen molar-refractivity contribution in [2.24, 2.45) is 0 Å². The first-order chi connectivity index (χ1) is 9.48. The number of likely N-dealkylation sites (N-methyl/N-ethyl adjacent to an activating group) is 1. The predicted molar refractivity (Wildman–Crippen MR) is 70.5 cm³/mol. The third-order valence-corrected chi connectivity index (χ3v) is 2.88. The summed E-state index contributed by atoms with van der Waals surface area (Å²) in [6, 6.07) is 7.83. The van der Waals surface area contributed by atoms with E-state index in [1.807, 2.05) is 12.1 Å². The summed E-state index contributed by atoms with van der Waals surface area (Å²) in [4.78, 5) is 9.49. The molecular weight excluding hydrogens is 267 g/mol. The van der Waals surface area contributed by atoms with Crippen LogP contribution >= 0.6 is 0 Å². The van der Waals surface area contributed by atoms with Crippen LogP contribution in [0.3, 0.4) is 0 Å². The topological polar surface area (TPSA) is 29.0 Å². The molecule has 0 saturated carbocycles. The third kappa shape index (κ3) is 3.46. The Balaban J connectivity index is 2.12. The second-order valence-electron chi connectivity index (χ2n) is 4.36. The Hall–Kier alpha value is -2.11. The molecule has 2 aromatic heterocycles. The van der Waals surface area contributed by atoms with E-state index in [1.165, 1.54) is 17.2 Å². The zero-order valence-corrected chi connectivity index (χ0v) is 10.9. The molecule has 3 nitrogen and oxygen atoms in total. The van der Waals surface area contributed by atoms with Gasteiger partial charge >= 0.3 is 6.18 Å². The van der Waals surface area contributed by atoms with Crippen molar-refractivity contribution in [2.75, 3.05) is 18.5 Å². The molecule has 0 atom stereocenters. The van der Waals surface area contributed by atoms with Crippen molar-refractivity contribution in [3.8, 4) is 0 Å². The van der Waals surface area contributed by atoms with Gasteiger partial charge in [0.1, 0.15) is 5.82 Å². The summed E-state index contributed by atoms with van der Waals surface area (Å²) in [5.74, 6) is -0.0593. The summed E-state index contributed by atoms with van der Waals surface area (Å²) in [6.07, 6.45) is -0.812. The molecule has 2 aromatic rings. The highest BCUT2D eigenvalue weighted by Gasteiger charge is 2.34. The highest BCUT2D eigenvalue weighted by molar-refractivity contribution is 5.47. The van der Waals surface area contributed by atoms with Crippen molar-refractivity contribution >= 4 is 5.82 Å². The Kier molecular flexibility index (Phi) is 4.22. The summed E-state index contributed by atoms with van der Waals surface area (Å²) in [6.45, 7) is 0.414. The van der Waals surface area contributed by atoms with Crippen LogP contribution in [-0.2, 0) is 12.6 Å². The van der Waals surface area contributed by atoms with Crippen LogP contribution in [0.1, 0.15) is 11.3 Å². The van der Waals surface area contributed by atoms with Gasteiger partial charge in [0.2, 0.25) is 0 Å². The van der Waals surface area contributed by atoms with E-state index in [-0.39, 0.29) is 5.82 Å². The number of halogens is 3. The Morgan fingerprint density at radius 3 is 2.45 bits per heavy atom. The zero-order chi connectivity index (χ0) is 14.6. The summed E-state index contributed by atoms with van der Waals surface area (Å²) >= 11 is 0. The van der Waals surface area contributed by atoms with Gasteiger partial charge < -0.3 is 4.90 Å². The van der Waals surface area contributed by atoms with E-state index in [9.17, 15) is 13.2 Å². The lowest BCUT2D eigenvalue weighted by Crippen LogP contribution is -2.25. The monoisotopic (exact) mass is 281 g/mol. The highest BCUT2D eigenvalue weighted by atomic mass is 19.4. The fourth-order valence-electron chi connectivity index (χ4n) is 1.86. The minimum atomic E-state index is -4.40. The third-order valence-electron chi connectivity index (χ3n) is 2.88. The number of alkyl halides is 3. The molecule has 0 unspecified atom stereocenters. The summed E-state index contributed by atoms with van der Waals surface area (Å²) in [7, 11) is 1.60. The molecular formula is C14H14F3N3. The van der Waals surface area contributed by atoms with Crippen molar-refractivity contribution in [1.29, 1.82) is 0 Å². The van der Waals surface area contributed by atoms with E-state index in [0.29, 0.717) is 13.0 Å². The highest BCUT2D eigenvalue weighted by Crippen LogP contribution is 2.34. The number of aromatic nitrogens is 2. The number of hydrogen-bond donors (Lipinski definition) is 0. The second-order valence-corrected chi connectivity index (χ2v) is 4.36. The van der Waals surface area contributed by atoms with Crippen LogP contribution < -0.4 is 4.90 Å². The Morgan fingerprint density at radius 1 is 1.05 bits per heavy atom. The SMILES string of the molecule is CN(CCc1ccccn1)c1ncccc1C(F)(F)F. The first-order valence-corrected chi connectivity index (χ1v) is 6.12. The van der Waals surface area contributed by atoms with E-state index in [1.54, 1.807) is 19.3 Å². The average molecular weight is 281 g/mol. The molecule has 6 heteroatoms. The van der Waals surface area contributed by atoms with Crippen molar-refractivity contribution in [1.82, 2.24) is 9.97 Å². The molecule has 0 N–H and O–H groups in total. The van der Waals surface area contributed by atoms with Crippen LogP contribution in [0.4, 0.5) is 19.0 Å². The lowest BCUT2D eigenvalue weighted by molar-refractivity contribution is -0.137. The standard InChI is InChI=1S/C14H14F3N3/c1-20(10-7-11-5-2-3-8-18-11)13-12(14(15,16)17)6-4-9-19-13/h2-6,8-9H,7,10H2,1H3. The van der Waals surface area contributed by atoms with Crippen LogP contribution in [0.5, 0.6) is 0 Å². The summed E-state index contributed by atoms with van der Waals surface area (Å²) < 4.78 is 38.7. The number of pyridine rings is 2. The van der Waals surface area contributed by atoms with Crippen LogP contribution in [0.15, 0.2) is 42.7 Å². The molecule has 20 heavy (non-hydrogen) atoms. The number of rotatable bonds is 4. The molecule has 0 fully saturated rings. The van der Waals surface area contributed by atoms with Crippen LogP contribution in [0.2, 0.25) is 0 Å². The minimum absolute atomic E-state index is 0.0593. The number of hydrogen-bond acceptors (Lipinski definition) is 3. The van der Waals surface area contributed by atoms with Gasteiger partial charge in [-0.3, -0.25) is 4.98 Å². The molecule has 0 aliphatic heterocycles. The van der Waals surface area contributed by atoms with Gasteiger partial charge in [-0.2, -0.15) is 13.2 Å². The maximum absolute atomic E-state index is 12.9. The minimum Gasteiger partial charge on any atom is -0.359 e. The first-order valence-electron chi connectivity index (χ1n) is 6.12. The molecule has 0 aliphatic rings. The van der Waals surface area contributed by atoms with E-state index in [2.05, 4.69) is 9.97 Å². The van der Waals surface area contributed by atoms with Gasteiger partial charge in [0.25, 0.3) is 0 Å².